The van der Waals surface area contributed by atoms with Crippen LogP contribution in [0, 0.1) is 5.92 Å². The second-order valence-electron chi connectivity index (χ2n) is 7.22. The summed E-state index contributed by atoms with van der Waals surface area (Å²) in [5, 5.41) is 3.25. The van der Waals surface area contributed by atoms with Gasteiger partial charge in [-0.3, -0.25) is 4.79 Å². The van der Waals surface area contributed by atoms with E-state index in [0.717, 1.165) is 43.6 Å². The van der Waals surface area contributed by atoms with Crippen LogP contribution in [0.15, 0.2) is 24.3 Å². The van der Waals surface area contributed by atoms with Crippen LogP contribution >= 0.6 is 0 Å². The molecule has 2 heterocycles. The van der Waals surface area contributed by atoms with Crippen LogP contribution in [0.2, 0.25) is 0 Å². The molecule has 3 fully saturated rings. The number of amides is 1. The zero-order valence-electron chi connectivity index (χ0n) is 14.1. The Morgan fingerprint density at radius 1 is 1.33 bits per heavy atom. The predicted octanol–water partition coefficient (Wildman–Crippen LogP) is 2.25. The zero-order chi connectivity index (χ0) is 16.6. The van der Waals surface area contributed by atoms with Crippen molar-refractivity contribution >= 4 is 5.91 Å². The number of carbonyl (C=O) groups is 1. The molecule has 5 nitrogen and oxygen atoms in total. The molecule has 3 aliphatic rings. The summed E-state index contributed by atoms with van der Waals surface area (Å²) in [7, 11) is 1.68. The number of carbonyl (C=O) groups excluding carboxylic acids is 1. The van der Waals surface area contributed by atoms with Gasteiger partial charge in [-0.1, -0.05) is 18.2 Å². The number of ether oxygens (including phenoxy) is 3. The summed E-state index contributed by atoms with van der Waals surface area (Å²) >= 11 is 0. The van der Waals surface area contributed by atoms with Crippen molar-refractivity contribution in [3.8, 4) is 5.75 Å². The quantitative estimate of drug-likeness (QED) is 0.919. The fraction of sp³-hybridized carbons (Fsp3) is 0.632. The van der Waals surface area contributed by atoms with Crippen molar-refractivity contribution in [3.05, 3.63) is 29.8 Å². The number of hydrogen-bond donors (Lipinski definition) is 1. The average Bonchev–Trinajstić information content (AvgIpc) is 3.29. The van der Waals surface area contributed by atoms with E-state index in [1.165, 1.54) is 0 Å². The summed E-state index contributed by atoms with van der Waals surface area (Å²) in [6.45, 7) is 2.13. The molecule has 1 N–H and O–H groups in total. The van der Waals surface area contributed by atoms with E-state index in [2.05, 4.69) is 11.4 Å². The molecule has 4 atom stereocenters. The molecule has 1 aliphatic carbocycles. The molecule has 5 heteroatoms. The Labute approximate surface area is 142 Å². The molecule has 1 aromatic carbocycles. The van der Waals surface area contributed by atoms with Gasteiger partial charge in [-0.25, -0.2) is 0 Å². The fourth-order valence-corrected chi connectivity index (χ4v) is 4.12. The van der Waals surface area contributed by atoms with E-state index in [1.54, 1.807) is 7.11 Å². The van der Waals surface area contributed by atoms with E-state index in [9.17, 15) is 4.79 Å². The van der Waals surface area contributed by atoms with Crippen LogP contribution in [0.4, 0.5) is 0 Å². The number of nitrogens with one attached hydrogen (secondary N) is 1. The Hall–Kier alpha value is -1.59. The summed E-state index contributed by atoms with van der Waals surface area (Å²) in [6.07, 6.45) is 3.60. The Morgan fingerprint density at radius 2 is 2.21 bits per heavy atom. The van der Waals surface area contributed by atoms with Crippen LogP contribution in [0.3, 0.4) is 0 Å². The third-order valence-corrected chi connectivity index (χ3v) is 5.57. The molecule has 0 aromatic heterocycles. The van der Waals surface area contributed by atoms with Gasteiger partial charge in [0.15, 0.2) is 0 Å². The van der Waals surface area contributed by atoms with E-state index in [1.807, 2.05) is 18.2 Å². The van der Waals surface area contributed by atoms with E-state index >= 15 is 0 Å². The number of methoxy groups -OCH3 is 1. The normalized spacial score (nSPS) is 35.0. The summed E-state index contributed by atoms with van der Waals surface area (Å²) < 4.78 is 16.9. The van der Waals surface area contributed by atoms with Gasteiger partial charge in [-0.15, -0.1) is 0 Å². The van der Waals surface area contributed by atoms with Gasteiger partial charge in [-0.2, -0.15) is 0 Å². The van der Waals surface area contributed by atoms with Crippen molar-refractivity contribution in [3.63, 3.8) is 0 Å². The lowest BCUT2D eigenvalue weighted by atomic mass is 9.89. The highest BCUT2D eigenvalue weighted by Gasteiger charge is 2.47. The van der Waals surface area contributed by atoms with Crippen LogP contribution in [0.25, 0.3) is 0 Å². The lowest BCUT2D eigenvalue weighted by molar-refractivity contribution is -0.126. The van der Waals surface area contributed by atoms with E-state index < -0.39 is 0 Å². The lowest BCUT2D eigenvalue weighted by Gasteiger charge is -2.37. The molecule has 2 aliphatic heterocycles. The van der Waals surface area contributed by atoms with Crippen molar-refractivity contribution in [1.29, 1.82) is 0 Å². The van der Waals surface area contributed by atoms with Gasteiger partial charge in [-0.05, 0) is 36.8 Å². The van der Waals surface area contributed by atoms with E-state index in [4.69, 9.17) is 14.2 Å². The highest BCUT2D eigenvalue weighted by atomic mass is 16.6. The molecular weight excluding hydrogens is 306 g/mol. The maximum atomic E-state index is 12.6. The fourth-order valence-electron chi connectivity index (χ4n) is 4.12. The second-order valence-corrected chi connectivity index (χ2v) is 7.22. The molecule has 1 saturated carbocycles. The molecule has 1 spiro atoms. The van der Waals surface area contributed by atoms with E-state index in [-0.39, 0.29) is 29.4 Å². The lowest BCUT2D eigenvalue weighted by Crippen LogP contribution is -2.49. The standard InChI is InChI=1S/C19H25NO4/c1-22-17-5-3-2-4-14(17)15-10-16(15)18(21)20-13-6-8-24-19(11-13)7-9-23-12-19/h2-5,13,15-16H,6-12H2,1H3,(H,20,21)/t13-,15-,16+,19+/m0/s1. The molecule has 130 valence electrons. The maximum Gasteiger partial charge on any atom is 0.223 e. The van der Waals surface area contributed by atoms with Crippen LogP contribution in [-0.2, 0) is 14.3 Å². The van der Waals surface area contributed by atoms with E-state index in [0.29, 0.717) is 13.2 Å². The molecule has 2 saturated heterocycles. The summed E-state index contributed by atoms with van der Waals surface area (Å²) in [6, 6.07) is 8.20. The first-order chi connectivity index (χ1) is 11.7. The minimum absolute atomic E-state index is 0.0694. The average molecular weight is 331 g/mol. The molecule has 0 bridgehead atoms. The predicted molar refractivity (Wildman–Crippen MR) is 89.1 cm³/mol. The molecule has 0 unspecified atom stereocenters. The topological polar surface area (TPSA) is 56.8 Å². The minimum Gasteiger partial charge on any atom is -0.496 e. The van der Waals surface area contributed by atoms with Gasteiger partial charge in [0.2, 0.25) is 5.91 Å². The first-order valence-corrected chi connectivity index (χ1v) is 8.86. The third-order valence-electron chi connectivity index (χ3n) is 5.57. The van der Waals surface area contributed by atoms with Gasteiger partial charge in [0.1, 0.15) is 5.75 Å². The first kappa shape index (κ1) is 15.9. The second kappa shape index (κ2) is 6.37. The Balaban J connectivity index is 1.36. The minimum atomic E-state index is -0.165. The highest BCUT2D eigenvalue weighted by Crippen LogP contribution is 2.50. The Morgan fingerprint density at radius 3 is 3.00 bits per heavy atom. The summed E-state index contributed by atoms with van der Waals surface area (Å²) in [5.74, 6) is 1.41. The van der Waals surface area contributed by atoms with Crippen LogP contribution < -0.4 is 10.1 Å². The number of hydrogen-bond acceptors (Lipinski definition) is 4. The van der Waals surface area contributed by atoms with Crippen LogP contribution in [-0.4, -0.2) is 44.5 Å². The summed E-state index contributed by atoms with van der Waals surface area (Å²) in [4.78, 5) is 12.6. The van der Waals surface area contributed by atoms with Crippen LogP contribution in [0.1, 0.15) is 37.2 Å². The first-order valence-electron chi connectivity index (χ1n) is 8.86. The van der Waals surface area contributed by atoms with Crippen LogP contribution in [0.5, 0.6) is 5.75 Å². The van der Waals surface area contributed by atoms with Gasteiger partial charge >= 0.3 is 0 Å². The maximum absolute atomic E-state index is 12.6. The molecule has 1 amide bonds. The molecule has 4 rings (SSSR count). The van der Waals surface area contributed by atoms with Gasteiger partial charge in [0.05, 0.1) is 19.3 Å². The van der Waals surface area contributed by atoms with Gasteiger partial charge in [0, 0.05) is 31.6 Å². The Kier molecular flexibility index (Phi) is 4.22. The molecular formula is C19H25NO4. The van der Waals surface area contributed by atoms with Gasteiger partial charge < -0.3 is 19.5 Å². The smallest absolute Gasteiger partial charge is 0.223 e. The molecule has 1 aromatic rings. The van der Waals surface area contributed by atoms with Crippen molar-refractivity contribution in [2.45, 2.75) is 43.2 Å². The summed E-state index contributed by atoms with van der Waals surface area (Å²) in [5.41, 5.74) is 0.981. The SMILES string of the molecule is COc1ccccc1[C@@H]1C[C@H]1C(=O)N[C@H]1CCO[C@]2(CCOC2)C1. The third kappa shape index (κ3) is 3.03. The molecule has 0 radical (unpaired) electrons. The molecule has 24 heavy (non-hydrogen) atoms. The van der Waals surface area contributed by atoms with Gasteiger partial charge in [0.25, 0.3) is 0 Å². The number of benzene rings is 1. The largest absolute Gasteiger partial charge is 0.496 e. The van der Waals surface area contributed by atoms with Crippen molar-refractivity contribution in [2.75, 3.05) is 26.9 Å². The Bertz CT molecular complexity index is 611. The van der Waals surface area contributed by atoms with Crippen molar-refractivity contribution in [2.24, 2.45) is 5.92 Å². The highest BCUT2D eigenvalue weighted by molar-refractivity contribution is 5.83. The number of para-hydroxylation sites is 1. The van der Waals surface area contributed by atoms with Crippen molar-refractivity contribution in [1.82, 2.24) is 5.32 Å². The zero-order valence-corrected chi connectivity index (χ0v) is 14.1. The monoisotopic (exact) mass is 331 g/mol. The van der Waals surface area contributed by atoms with Crippen molar-refractivity contribution < 1.29 is 19.0 Å². The number of rotatable bonds is 4.